The average Bonchev–Trinajstić information content (AvgIpc) is 3.10. The first-order chi connectivity index (χ1) is 13.9. The molecule has 8 nitrogen and oxygen atoms in total. The summed E-state index contributed by atoms with van der Waals surface area (Å²) in [5, 5.41) is 20.5. The molecule has 0 aliphatic heterocycles. The Hall–Kier alpha value is -4.20. The molecular formula is C21H14N2O6. The van der Waals surface area contributed by atoms with E-state index in [0.717, 1.165) is 5.39 Å². The van der Waals surface area contributed by atoms with E-state index in [4.69, 9.17) is 4.74 Å². The van der Waals surface area contributed by atoms with Crippen LogP contribution < -0.4 is 4.74 Å². The first kappa shape index (κ1) is 18.2. The van der Waals surface area contributed by atoms with Gasteiger partial charge < -0.3 is 19.9 Å². The van der Waals surface area contributed by atoms with E-state index in [1.807, 2.05) is 6.07 Å². The zero-order chi connectivity index (χ0) is 20.7. The highest BCUT2D eigenvalue weighted by Crippen LogP contribution is 2.31. The minimum atomic E-state index is -1.40. The van der Waals surface area contributed by atoms with Gasteiger partial charge in [-0.25, -0.2) is 9.59 Å². The summed E-state index contributed by atoms with van der Waals surface area (Å²) in [7, 11) is 1.54. The maximum atomic E-state index is 13.3. The highest BCUT2D eigenvalue weighted by Gasteiger charge is 2.27. The molecule has 144 valence electrons. The van der Waals surface area contributed by atoms with Gasteiger partial charge in [-0.1, -0.05) is 6.07 Å². The molecule has 3 N–H and O–H groups in total. The standard InChI is InChI=1S/C21H14N2O6/c1-29-10-5-6-11-12-7-8-22-18(17(12)23-15(11)9-10)19(24)16-13(20(25)26)3-2-4-14(16)21(27)28/h2-9,23H,1H3,(H,25,26)(H,27,28). The molecule has 0 fully saturated rings. The third-order valence-electron chi connectivity index (χ3n) is 4.69. The number of ether oxygens (including phenoxy) is 1. The van der Waals surface area contributed by atoms with Crippen LogP contribution in [-0.4, -0.2) is 45.0 Å². The van der Waals surface area contributed by atoms with E-state index in [-0.39, 0.29) is 5.69 Å². The average molecular weight is 390 g/mol. The summed E-state index contributed by atoms with van der Waals surface area (Å²) in [6, 6.07) is 10.8. The Labute approximate surface area is 163 Å². The Morgan fingerprint density at radius 1 is 0.966 bits per heavy atom. The maximum absolute atomic E-state index is 13.3. The highest BCUT2D eigenvalue weighted by atomic mass is 16.5. The van der Waals surface area contributed by atoms with Gasteiger partial charge in [0.25, 0.3) is 0 Å². The number of aromatic nitrogens is 2. The first-order valence-electron chi connectivity index (χ1n) is 8.51. The number of pyridine rings is 1. The number of benzene rings is 2. The summed E-state index contributed by atoms with van der Waals surface area (Å²) in [6.07, 6.45) is 1.43. The first-order valence-corrected chi connectivity index (χ1v) is 8.51. The third kappa shape index (κ3) is 2.87. The fraction of sp³-hybridized carbons (Fsp3) is 0.0476. The van der Waals surface area contributed by atoms with Crippen molar-refractivity contribution in [1.29, 1.82) is 0 Å². The number of aromatic amines is 1. The van der Waals surface area contributed by atoms with Gasteiger partial charge in [0.15, 0.2) is 0 Å². The summed E-state index contributed by atoms with van der Waals surface area (Å²) in [4.78, 5) is 43.8. The number of rotatable bonds is 5. The van der Waals surface area contributed by atoms with Crippen LogP contribution in [0.3, 0.4) is 0 Å². The van der Waals surface area contributed by atoms with Crippen LogP contribution in [0.15, 0.2) is 48.7 Å². The lowest BCUT2D eigenvalue weighted by Gasteiger charge is -2.09. The van der Waals surface area contributed by atoms with Crippen molar-refractivity contribution in [1.82, 2.24) is 9.97 Å². The largest absolute Gasteiger partial charge is 0.497 e. The number of carboxylic acid groups (broad SMARTS) is 2. The van der Waals surface area contributed by atoms with E-state index in [9.17, 15) is 24.6 Å². The number of aromatic carboxylic acids is 2. The van der Waals surface area contributed by atoms with Crippen LogP contribution in [0.2, 0.25) is 0 Å². The number of hydrogen-bond donors (Lipinski definition) is 3. The molecule has 4 rings (SSSR count). The normalized spacial score (nSPS) is 10.9. The SMILES string of the molecule is COc1ccc2c(c1)[nH]c1c(C(=O)c3c(C(=O)O)cccc3C(=O)O)nccc12. The lowest BCUT2D eigenvalue weighted by molar-refractivity contribution is 0.0689. The molecule has 29 heavy (non-hydrogen) atoms. The lowest BCUT2D eigenvalue weighted by atomic mass is 9.95. The van der Waals surface area contributed by atoms with Crippen molar-refractivity contribution >= 4 is 39.5 Å². The highest BCUT2D eigenvalue weighted by molar-refractivity contribution is 6.23. The van der Waals surface area contributed by atoms with E-state index in [1.54, 1.807) is 18.2 Å². The molecule has 0 bridgehead atoms. The van der Waals surface area contributed by atoms with Crippen molar-refractivity contribution in [3.63, 3.8) is 0 Å². The fourth-order valence-electron chi connectivity index (χ4n) is 3.38. The summed E-state index contributed by atoms with van der Waals surface area (Å²) in [6.45, 7) is 0. The van der Waals surface area contributed by atoms with E-state index in [2.05, 4.69) is 9.97 Å². The summed E-state index contributed by atoms with van der Waals surface area (Å²) < 4.78 is 5.22. The van der Waals surface area contributed by atoms with Crippen molar-refractivity contribution in [3.05, 3.63) is 71.0 Å². The molecule has 0 radical (unpaired) electrons. The minimum absolute atomic E-state index is 0.0612. The minimum Gasteiger partial charge on any atom is -0.497 e. The van der Waals surface area contributed by atoms with Crippen LogP contribution in [0.25, 0.3) is 21.8 Å². The Kier molecular flexibility index (Phi) is 4.23. The number of nitrogens with one attached hydrogen (secondary N) is 1. The molecule has 0 aliphatic rings. The summed E-state index contributed by atoms with van der Waals surface area (Å²) in [5.74, 6) is -2.96. The predicted octanol–water partition coefficient (Wildman–Crippen LogP) is 3.35. The summed E-state index contributed by atoms with van der Waals surface area (Å²) in [5.41, 5.74) is -0.181. The number of carboxylic acids is 2. The molecule has 0 saturated carbocycles. The molecule has 8 heteroatoms. The maximum Gasteiger partial charge on any atom is 0.336 e. The number of methoxy groups -OCH3 is 1. The van der Waals surface area contributed by atoms with E-state index in [0.29, 0.717) is 22.2 Å². The van der Waals surface area contributed by atoms with Crippen LogP contribution in [-0.2, 0) is 0 Å². The number of carbonyl (C=O) groups excluding carboxylic acids is 1. The van der Waals surface area contributed by atoms with Crippen molar-refractivity contribution < 1.29 is 29.3 Å². The number of ketones is 1. The number of fused-ring (bicyclic) bond motifs is 3. The van der Waals surface area contributed by atoms with E-state index >= 15 is 0 Å². The van der Waals surface area contributed by atoms with Crippen LogP contribution in [0.4, 0.5) is 0 Å². The molecule has 0 atom stereocenters. The number of nitrogens with zero attached hydrogens (tertiary/aromatic N) is 1. The molecule has 0 saturated heterocycles. The molecule has 2 aromatic carbocycles. The molecule has 4 aromatic rings. The second-order valence-electron chi connectivity index (χ2n) is 6.29. The lowest BCUT2D eigenvalue weighted by Crippen LogP contribution is -2.17. The topological polar surface area (TPSA) is 130 Å². The molecule has 0 aliphatic carbocycles. The smallest absolute Gasteiger partial charge is 0.336 e. The number of H-pyrrole nitrogens is 1. The third-order valence-corrected chi connectivity index (χ3v) is 4.69. The molecule has 2 aromatic heterocycles. The van der Waals surface area contributed by atoms with Crippen LogP contribution in [0.1, 0.15) is 36.8 Å². The van der Waals surface area contributed by atoms with Crippen molar-refractivity contribution in [2.24, 2.45) is 0 Å². The van der Waals surface area contributed by atoms with Crippen molar-refractivity contribution in [2.45, 2.75) is 0 Å². The van der Waals surface area contributed by atoms with E-state index in [1.165, 1.54) is 31.5 Å². The molecule has 0 spiro atoms. The zero-order valence-electron chi connectivity index (χ0n) is 15.1. The van der Waals surface area contributed by atoms with Gasteiger partial charge in [0.2, 0.25) is 5.78 Å². The van der Waals surface area contributed by atoms with Crippen molar-refractivity contribution in [2.75, 3.05) is 7.11 Å². The monoisotopic (exact) mass is 390 g/mol. The number of carbonyl (C=O) groups is 3. The van der Waals surface area contributed by atoms with Gasteiger partial charge in [0.1, 0.15) is 11.4 Å². The molecule has 2 heterocycles. The van der Waals surface area contributed by atoms with E-state index < -0.39 is 34.4 Å². The van der Waals surface area contributed by atoms with Gasteiger partial charge in [0.05, 0.1) is 34.8 Å². The van der Waals surface area contributed by atoms with Gasteiger partial charge in [-0.05, 0) is 30.3 Å². The Balaban J connectivity index is 2.00. The van der Waals surface area contributed by atoms with Crippen molar-refractivity contribution in [3.8, 4) is 5.75 Å². The summed E-state index contributed by atoms with van der Waals surface area (Å²) >= 11 is 0. The molecule has 0 unspecified atom stereocenters. The molecule has 0 amide bonds. The second-order valence-corrected chi connectivity index (χ2v) is 6.29. The van der Waals surface area contributed by atoms with Gasteiger partial charge in [-0.15, -0.1) is 0 Å². The van der Waals surface area contributed by atoms with Crippen LogP contribution in [0.5, 0.6) is 5.75 Å². The zero-order valence-corrected chi connectivity index (χ0v) is 15.1. The Morgan fingerprint density at radius 2 is 1.66 bits per heavy atom. The predicted molar refractivity (Wildman–Crippen MR) is 104 cm³/mol. The van der Waals surface area contributed by atoms with Gasteiger partial charge >= 0.3 is 11.9 Å². The van der Waals surface area contributed by atoms with Crippen LogP contribution >= 0.6 is 0 Å². The van der Waals surface area contributed by atoms with Gasteiger partial charge in [-0.2, -0.15) is 0 Å². The Bertz CT molecular complexity index is 1290. The second kappa shape index (κ2) is 6.75. The fourth-order valence-corrected chi connectivity index (χ4v) is 3.38. The number of hydrogen-bond acceptors (Lipinski definition) is 5. The van der Waals surface area contributed by atoms with Gasteiger partial charge in [-0.3, -0.25) is 9.78 Å². The van der Waals surface area contributed by atoms with Crippen LogP contribution in [0, 0.1) is 0 Å². The quantitative estimate of drug-likeness (QED) is 0.446. The molecular weight excluding hydrogens is 376 g/mol. The van der Waals surface area contributed by atoms with Gasteiger partial charge in [0, 0.05) is 23.0 Å². The Morgan fingerprint density at radius 3 is 2.28 bits per heavy atom.